The second kappa shape index (κ2) is 9.23. The van der Waals surface area contributed by atoms with Crippen molar-refractivity contribution in [2.45, 2.75) is 19.3 Å². The van der Waals surface area contributed by atoms with Crippen LogP contribution in [-0.4, -0.2) is 24.2 Å². The van der Waals surface area contributed by atoms with Crippen LogP contribution in [0.1, 0.15) is 24.0 Å². The van der Waals surface area contributed by atoms with Crippen molar-refractivity contribution in [3.8, 4) is 11.5 Å². The van der Waals surface area contributed by atoms with E-state index in [-0.39, 0.29) is 5.97 Å². The summed E-state index contributed by atoms with van der Waals surface area (Å²) in [6, 6.07) is 14.9. The molecule has 0 radical (unpaired) electrons. The van der Waals surface area contributed by atoms with Crippen LogP contribution in [0, 0.1) is 0 Å². The van der Waals surface area contributed by atoms with Gasteiger partial charge in [-0.1, -0.05) is 36.4 Å². The maximum Gasteiger partial charge on any atom is 0.311 e. The molecule has 3 rings (SSSR count). The van der Waals surface area contributed by atoms with Crippen molar-refractivity contribution >= 4 is 35.0 Å². The molecule has 144 valence electrons. The molecule has 0 unspecified atom stereocenters. The van der Waals surface area contributed by atoms with Gasteiger partial charge in [-0.2, -0.15) is 0 Å². The number of benzene rings is 2. The van der Waals surface area contributed by atoms with Crippen molar-refractivity contribution < 1.29 is 23.9 Å². The Morgan fingerprint density at radius 1 is 1.11 bits per heavy atom. The highest BCUT2D eigenvalue weighted by Gasteiger charge is 2.25. The predicted molar refractivity (Wildman–Crippen MR) is 107 cm³/mol. The first-order chi connectivity index (χ1) is 13.5. The van der Waals surface area contributed by atoms with E-state index in [1.54, 1.807) is 24.3 Å². The minimum atomic E-state index is -0.428. The number of esters is 1. The van der Waals surface area contributed by atoms with Crippen LogP contribution >= 0.6 is 11.8 Å². The number of aryl methyl sites for hydroxylation is 1. The number of carbonyl (C=O) groups excluding carboxylic acids is 3. The topological polar surface area (TPSA) is 81.7 Å². The van der Waals surface area contributed by atoms with Crippen LogP contribution in [0.4, 0.5) is 4.79 Å². The first kappa shape index (κ1) is 19.7. The highest BCUT2D eigenvalue weighted by molar-refractivity contribution is 8.18. The van der Waals surface area contributed by atoms with Gasteiger partial charge in [-0.05, 0) is 53.9 Å². The Labute approximate surface area is 166 Å². The lowest BCUT2D eigenvalue weighted by atomic mass is 10.1. The van der Waals surface area contributed by atoms with Crippen molar-refractivity contribution in [3.63, 3.8) is 0 Å². The minimum absolute atomic E-state index is 0.294. The van der Waals surface area contributed by atoms with Gasteiger partial charge in [0, 0.05) is 6.42 Å². The van der Waals surface area contributed by atoms with Crippen LogP contribution in [0.3, 0.4) is 0 Å². The van der Waals surface area contributed by atoms with Crippen molar-refractivity contribution in [2.75, 3.05) is 7.11 Å². The lowest BCUT2D eigenvalue weighted by Crippen LogP contribution is -2.17. The lowest BCUT2D eigenvalue weighted by Gasteiger charge is -2.10. The first-order valence-corrected chi connectivity index (χ1v) is 9.54. The zero-order valence-corrected chi connectivity index (χ0v) is 16.1. The molecule has 0 saturated carbocycles. The summed E-state index contributed by atoms with van der Waals surface area (Å²) in [5, 5.41) is 1.80. The molecule has 0 aromatic heterocycles. The van der Waals surface area contributed by atoms with E-state index < -0.39 is 11.1 Å². The number of methoxy groups -OCH3 is 1. The van der Waals surface area contributed by atoms with Gasteiger partial charge in [0.05, 0.1) is 12.0 Å². The van der Waals surface area contributed by atoms with Crippen LogP contribution in [0.15, 0.2) is 53.4 Å². The molecule has 0 atom stereocenters. The second-order valence-corrected chi connectivity index (χ2v) is 7.09. The number of carbonyl (C=O) groups is 3. The lowest BCUT2D eigenvalue weighted by molar-refractivity contribution is -0.134. The van der Waals surface area contributed by atoms with Crippen molar-refractivity contribution in [1.82, 2.24) is 5.32 Å². The number of thioether (sulfide) groups is 1. The molecule has 2 aromatic rings. The van der Waals surface area contributed by atoms with Crippen molar-refractivity contribution in [3.05, 3.63) is 64.6 Å². The average Bonchev–Trinajstić information content (AvgIpc) is 3.00. The average molecular weight is 397 g/mol. The van der Waals surface area contributed by atoms with E-state index in [0.717, 1.165) is 18.2 Å². The molecule has 6 nitrogen and oxygen atoms in total. The number of hydrogen-bond donors (Lipinski definition) is 1. The molecule has 1 fully saturated rings. The highest BCUT2D eigenvalue weighted by Crippen LogP contribution is 2.31. The Morgan fingerprint density at radius 3 is 2.57 bits per heavy atom. The van der Waals surface area contributed by atoms with Gasteiger partial charge < -0.3 is 9.47 Å². The summed E-state index contributed by atoms with van der Waals surface area (Å²) >= 11 is 0.839. The fourth-order valence-electron chi connectivity index (χ4n) is 2.69. The normalized spacial score (nSPS) is 14.8. The Hall–Kier alpha value is -3.06. The zero-order chi connectivity index (χ0) is 19.9. The van der Waals surface area contributed by atoms with Crippen LogP contribution in [0.2, 0.25) is 0 Å². The Kier molecular flexibility index (Phi) is 6.49. The van der Waals surface area contributed by atoms with Gasteiger partial charge in [0.2, 0.25) is 0 Å². The largest absolute Gasteiger partial charge is 0.493 e. The van der Waals surface area contributed by atoms with E-state index in [9.17, 15) is 14.4 Å². The molecule has 0 bridgehead atoms. The van der Waals surface area contributed by atoms with Crippen LogP contribution in [0.25, 0.3) is 6.08 Å². The van der Waals surface area contributed by atoms with Gasteiger partial charge in [-0.15, -0.1) is 0 Å². The van der Waals surface area contributed by atoms with E-state index in [2.05, 4.69) is 5.32 Å². The fourth-order valence-corrected chi connectivity index (χ4v) is 3.37. The maximum absolute atomic E-state index is 12.1. The quantitative estimate of drug-likeness (QED) is 0.433. The highest BCUT2D eigenvalue weighted by atomic mass is 32.2. The molecular weight excluding hydrogens is 378 g/mol. The number of imide groups is 1. The molecule has 2 amide bonds. The molecular formula is C21H19NO5S. The van der Waals surface area contributed by atoms with Gasteiger partial charge >= 0.3 is 5.97 Å². The van der Waals surface area contributed by atoms with Gasteiger partial charge in [-0.25, -0.2) is 0 Å². The van der Waals surface area contributed by atoms with Gasteiger partial charge in [0.1, 0.15) is 0 Å². The molecule has 7 heteroatoms. The van der Waals surface area contributed by atoms with Crippen molar-refractivity contribution in [2.24, 2.45) is 0 Å². The van der Waals surface area contributed by atoms with Crippen LogP contribution < -0.4 is 14.8 Å². The summed E-state index contributed by atoms with van der Waals surface area (Å²) in [5.74, 6) is -0.0750. The SMILES string of the molecule is COc1cc(/C=C2\SC(=O)NC2=O)ccc1OC(=O)CCCc1ccccc1. The number of rotatable bonds is 7. The van der Waals surface area contributed by atoms with Gasteiger partial charge in [0.25, 0.3) is 11.1 Å². The van der Waals surface area contributed by atoms with Crippen LogP contribution in [0.5, 0.6) is 11.5 Å². The molecule has 1 saturated heterocycles. The summed E-state index contributed by atoms with van der Waals surface area (Å²) < 4.78 is 10.7. The molecule has 1 N–H and O–H groups in total. The summed E-state index contributed by atoms with van der Waals surface area (Å²) in [6.07, 6.45) is 3.37. The monoisotopic (exact) mass is 397 g/mol. The summed E-state index contributed by atoms with van der Waals surface area (Å²) in [4.78, 5) is 35.3. The third-order valence-corrected chi connectivity index (χ3v) is 4.85. The van der Waals surface area contributed by atoms with Gasteiger partial charge in [-0.3, -0.25) is 19.7 Å². The number of amides is 2. The van der Waals surface area contributed by atoms with E-state index >= 15 is 0 Å². The Morgan fingerprint density at radius 2 is 1.89 bits per heavy atom. The fraction of sp³-hybridized carbons (Fsp3) is 0.190. The molecule has 1 heterocycles. The zero-order valence-electron chi connectivity index (χ0n) is 15.3. The third-order valence-electron chi connectivity index (χ3n) is 4.04. The van der Waals surface area contributed by atoms with Crippen LogP contribution in [-0.2, 0) is 16.0 Å². The minimum Gasteiger partial charge on any atom is -0.493 e. The molecule has 28 heavy (non-hydrogen) atoms. The van der Waals surface area contributed by atoms with E-state index in [1.165, 1.54) is 12.7 Å². The second-order valence-electron chi connectivity index (χ2n) is 6.08. The Bertz CT molecular complexity index is 924. The van der Waals surface area contributed by atoms with Gasteiger partial charge in [0.15, 0.2) is 11.5 Å². The summed E-state index contributed by atoms with van der Waals surface area (Å²) in [5.41, 5.74) is 1.84. The molecule has 2 aromatic carbocycles. The number of nitrogens with one attached hydrogen (secondary N) is 1. The Balaban J connectivity index is 1.60. The molecule has 1 aliphatic heterocycles. The molecule has 0 aliphatic carbocycles. The summed E-state index contributed by atoms with van der Waals surface area (Å²) in [6.45, 7) is 0. The number of ether oxygens (including phenoxy) is 2. The van der Waals surface area contributed by atoms with Crippen molar-refractivity contribution in [1.29, 1.82) is 0 Å². The standard InChI is InChI=1S/C21H19NO5S/c1-26-17-12-15(13-18-20(24)22-21(25)28-18)10-11-16(17)27-19(23)9-5-8-14-6-3-2-4-7-14/h2-4,6-7,10-13H,5,8-9H2,1H3,(H,22,24,25)/b18-13-. The van der Waals surface area contributed by atoms with E-state index in [4.69, 9.17) is 9.47 Å². The molecule has 1 aliphatic rings. The first-order valence-electron chi connectivity index (χ1n) is 8.72. The summed E-state index contributed by atoms with van der Waals surface area (Å²) in [7, 11) is 1.47. The van der Waals surface area contributed by atoms with E-state index in [1.807, 2.05) is 30.3 Å². The van der Waals surface area contributed by atoms with E-state index in [0.29, 0.717) is 34.8 Å². The smallest absolute Gasteiger partial charge is 0.311 e. The number of hydrogen-bond acceptors (Lipinski definition) is 6. The third kappa shape index (κ3) is 5.23. The predicted octanol–water partition coefficient (Wildman–Crippen LogP) is 3.95. The molecule has 0 spiro atoms. The maximum atomic E-state index is 12.1.